The van der Waals surface area contributed by atoms with E-state index in [1.165, 1.54) is 54.7 Å². The number of amides is 2. The maximum absolute atomic E-state index is 13.2. The van der Waals surface area contributed by atoms with Crippen LogP contribution in [0.5, 0.6) is 5.75 Å². The first-order valence-corrected chi connectivity index (χ1v) is 13.7. The van der Waals surface area contributed by atoms with Crippen molar-refractivity contribution in [1.82, 2.24) is 0 Å². The van der Waals surface area contributed by atoms with Gasteiger partial charge in [-0.1, -0.05) is 42.5 Å². The van der Waals surface area contributed by atoms with Crippen LogP contribution in [-0.2, 0) is 15.7 Å². The first kappa shape index (κ1) is 30.3. The van der Waals surface area contributed by atoms with Gasteiger partial charge in [-0.25, -0.2) is 4.79 Å². The van der Waals surface area contributed by atoms with Gasteiger partial charge in [0.15, 0.2) is 6.10 Å². The van der Waals surface area contributed by atoms with Crippen LogP contribution in [0.25, 0.3) is 11.1 Å². The Morgan fingerprint density at radius 1 is 0.905 bits per heavy atom. The Morgan fingerprint density at radius 2 is 1.55 bits per heavy atom. The summed E-state index contributed by atoms with van der Waals surface area (Å²) in [5, 5.41) is 5.40. The number of ether oxygens (including phenoxy) is 2. The van der Waals surface area contributed by atoms with Crippen LogP contribution in [0.3, 0.4) is 0 Å². The zero-order chi connectivity index (χ0) is 30.4. The number of nitrogens with one attached hydrogen (secondary N) is 2. The molecule has 0 radical (unpaired) electrons. The van der Waals surface area contributed by atoms with Gasteiger partial charge in [-0.05, 0) is 62.7 Å². The van der Waals surface area contributed by atoms with Crippen LogP contribution in [0.2, 0.25) is 0 Å². The largest absolute Gasteiger partial charge is 0.481 e. The lowest BCUT2D eigenvalue weighted by atomic mass is 10.0. The fourth-order valence-corrected chi connectivity index (χ4v) is 5.23. The summed E-state index contributed by atoms with van der Waals surface area (Å²) in [5.74, 6) is -1.58. The van der Waals surface area contributed by atoms with Gasteiger partial charge in [-0.15, -0.1) is 11.3 Å². The molecule has 4 aromatic rings. The van der Waals surface area contributed by atoms with Crippen molar-refractivity contribution in [3.05, 3.63) is 100 Å². The SMILES string of the molecule is CCOC(=O)c1c(NC(=O)c2ccc(O[C@@H](C)C(=O)Nc3ccccc3C(F)(F)F)cc2)sc(C)c1-c1ccccc1. The van der Waals surface area contributed by atoms with Crippen LogP contribution in [0.15, 0.2) is 78.9 Å². The molecule has 0 saturated carbocycles. The number of carbonyl (C=O) groups excluding carboxylic acids is 3. The monoisotopic (exact) mass is 596 g/mol. The van der Waals surface area contributed by atoms with E-state index >= 15 is 0 Å². The number of thiophene rings is 1. The first-order chi connectivity index (χ1) is 20.0. The highest BCUT2D eigenvalue weighted by Crippen LogP contribution is 2.40. The average Bonchev–Trinajstić information content (AvgIpc) is 3.28. The Labute approximate surface area is 244 Å². The number of alkyl halides is 3. The predicted molar refractivity (Wildman–Crippen MR) is 155 cm³/mol. The van der Waals surface area contributed by atoms with E-state index in [2.05, 4.69) is 10.6 Å². The Hall–Kier alpha value is -4.64. The quantitative estimate of drug-likeness (QED) is 0.194. The number of esters is 1. The number of halogens is 3. The summed E-state index contributed by atoms with van der Waals surface area (Å²) in [6.07, 6.45) is -5.77. The normalized spacial score (nSPS) is 11.9. The molecule has 42 heavy (non-hydrogen) atoms. The van der Waals surface area contributed by atoms with E-state index in [-0.39, 0.29) is 29.2 Å². The molecule has 1 aromatic heterocycles. The fourth-order valence-electron chi connectivity index (χ4n) is 4.17. The Morgan fingerprint density at radius 3 is 2.19 bits per heavy atom. The molecule has 0 saturated heterocycles. The van der Waals surface area contributed by atoms with Crippen molar-refractivity contribution in [2.45, 2.75) is 33.1 Å². The van der Waals surface area contributed by atoms with Crippen LogP contribution < -0.4 is 15.4 Å². The lowest BCUT2D eigenvalue weighted by Crippen LogP contribution is -2.31. The molecule has 1 atom stereocenters. The highest BCUT2D eigenvalue weighted by atomic mass is 32.1. The minimum Gasteiger partial charge on any atom is -0.481 e. The van der Waals surface area contributed by atoms with Crippen LogP contribution in [0.1, 0.15) is 45.0 Å². The molecule has 0 spiro atoms. The number of anilines is 2. The lowest BCUT2D eigenvalue weighted by Gasteiger charge is -2.17. The molecule has 218 valence electrons. The number of hydrogen-bond donors (Lipinski definition) is 2. The van der Waals surface area contributed by atoms with Crippen molar-refractivity contribution < 1.29 is 37.0 Å². The van der Waals surface area contributed by atoms with Crippen LogP contribution in [0.4, 0.5) is 23.9 Å². The van der Waals surface area contributed by atoms with Crippen LogP contribution in [-0.4, -0.2) is 30.5 Å². The van der Waals surface area contributed by atoms with Gasteiger partial charge < -0.3 is 20.1 Å². The van der Waals surface area contributed by atoms with Crippen molar-refractivity contribution in [1.29, 1.82) is 0 Å². The zero-order valence-corrected chi connectivity index (χ0v) is 23.7. The van der Waals surface area contributed by atoms with Crippen molar-refractivity contribution >= 4 is 39.8 Å². The molecule has 11 heteroatoms. The van der Waals surface area contributed by atoms with E-state index in [1.54, 1.807) is 6.92 Å². The highest BCUT2D eigenvalue weighted by molar-refractivity contribution is 7.17. The summed E-state index contributed by atoms with van der Waals surface area (Å²) < 4.78 is 50.6. The summed E-state index contributed by atoms with van der Waals surface area (Å²) >= 11 is 1.26. The van der Waals surface area contributed by atoms with Gasteiger partial charge in [-0.3, -0.25) is 9.59 Å². The number of hydrogen-bond acceptors (Lipinski definition) is 6. The third-order valence-electron chi connectivity index (χ3n) is 6.14. The van der Waals surface area contributed by atoms with E-state index in [0.29, 0.717) is 10.6 Å². The number of benzene rings is 3. The molecule has 2 N–H and O–H groups in total. The molecule has 0 aliphatic rings. The topological polar surface area (TPSA) is 93.7 Å². The molecule has 2 amide bonds. The summed E-state index contributed by atoms with van der Waals surface area (Å²) in [6, 6.07) is 19.8. The minimum atomic E-state index is -4.63. The molecule has 0 bridgehead atoms. The predicted octanol–water partition coefficient (Wildman–Crippen LogP) is 7.58. The molecule has 1 heterocycles. The summed E-state index contributed by atoms with van der Waals surface area (Å²) in [7, 11) is 0. The summed E-state index contributed by atoms with van der Waals surface area (Å²) in [6.45, 7) is 5.12. The molecule has 0 fully saturated rings. The number of aryl methyl sites for hydroxylation is 1. The molecule has 0 aliphatic heterocycles. The third kappa shape index (κ3) is 6.98. The van der Waals surface area contributed by atoms with E-state index in [1.807, 2.05) is 37.3 Å². The highest BCUT2D eigenvalue weighted by Gasteiger charge is 2.34. The minimum absolute atomic E-state index is 0.169. The van der Waals surface area contributed by atoms with Gasteiger partial charge in [-0.2, -0.15) is 13.2 Å². The first-order valence-electron chi connectivity index (χ1n) is 12.9. The molecule has 0 aliphatic carbocycles. The second-order valence-electron chi connectivity index (χ2n) is 9.10. The maximum atomic E-state index is 13.2. The van der Waals surface area contributed by atoms with E-state index in [4.69, 9.17) is 9.47 Å². The van der Waals surface area contributed by atoms with Crippen molar-refractivity contribution in [3.63, 3.8) is 0 Å². The Bertz CT molecular complexity index is 1580. The molecular formula is C31H27F3N2O5S. The standard InChI is InChI=1S/C31H27F3N2O5S/c1-4-40-30(39)26-25(20-10-6-5-7-11-20)19(3)42-29(26)36-28(38)21-14-16-22(17-15-21)41-18(2)27(37)35-24-13-9-8-12-23(24)31(32,33)34/h5-18H,4H2,1-3H3,(H,35,37)(H,36,38)/t18-/m0/s1. The van der Waals surface area contributed by atoms with E-state index in [9.17, 15) is 27.6 Å². The van der Waals surface area contributed by atoms with Crippen molar-refractivity contribution in [2.24, 2.45) is 0 Å². The van der Waals surface area contributed by atoms with Gasteiger partial charge >= 0.3 is 12.1 Å². The van der Waals surface area contributed by atoms with Gasteiger partial charge in [0.1, 0.15) is 16.3 Å². The van der Waals surface area contributed by atoms with Crippen LogP contribution in [0, 0.1) is 6.92 Å². The maximum Gasteiger partial charge on any atom is 0.418 e. The zero-order valence-electron chi connectivity index (χ0n) is 22.9. The van der Waals surface area contributed by atoms with E-state index < -0.39 is 35.6 Å². The Kier molecular flexibility index (Phi) is 9.31. The average molecular weight is 597 g/mol. The van der Waals surface area contributed by atoms with Gasteiger partial charge in [0.05, 0.1) is 17.9 Å². The van der Waals surface area contributed by atoms with Crippen molar-refractivity contribution in [2.75, 3.05) is 17.2 Å². The van der Waals surface area contributed by atoms with Gasteiger partial charge in [0.25, 0.3) is 11.8 Å². The number of carbonyl (C=O) groups is 3. The lowest BCUT2D eigenvalue weighted by molar-refractivity contribution is -0.137. The van der Waals surface area contributed by atoms with Gasteiger partial charge in [0.2, 0.25) is 0 Å². The second kappa shape index (κ2) is 12.9. The molecule has 3 aromatic carbocycles. The second-order valence-corrected chi connectivity index (χ2v) is 10.3. The number of rotatable bonds is 9. The molecule has 4 rings (SSSR count). The summed E-state index contributed by atoms with van der Waals surface area (Å²) in [5.41, 5.74) is 0.675. The van der Waals surface area contributed by atoms with E-state index in [0.717, 1.165) is 22.6 Å². The van der Waals surface area contributed by atoms with Crippen molar-refractivity contribution in [3.8, 4) is 16.9 Å². The van der Waals surface area contributed by atoms with Crippen LogP contribution >= 0.6 is 11.3 Å². The molecular weight excluding hydrogens is 569 g/mol. The smallest absolute Gasteiger partial charge is 0.418 e. The fraction of sp³-hybridized carbons (Fsp3) is 0.194. The third-order valence-corrected chi connectivity index (χ3v) is 7.16. The van der Waals surface area contributed by atoms with Gasteiger partial charge in [0, 0.05) is 16.0 Å². The Balaban J connectivity index is 1.47. The number of para-hydroxylation sites is 1. The summed E-state index contributed by atoms with van der Waals surface area (Å²) in [4.78, 5) is 39.4. The molecule has 0 unspecified atom stereocenters. The molecule has 7 nitrogen and oxygen atoms in total.